The Labute approximate surface area is 161 Å². The number of carbonyl (C=O) groups is 1. The highest BCUT2D eigenvalue weighted by atomic mass is 35.5. The van der Waals surface area contributed by atoms with E-state index in [-0.39, 0.29) is 5.56 Å². The van der Waals surface area contributed by atoms with Crippen LogP contribution in [0.5, 0.6) is 0 Å². The molecule has 4 rings (SSSR count). The highest BCUT2D eigenvalue weighted by Gasteiger charge is 2.18. The molecule has 0 aliphatic heterocycles. The number of thiazole rings is 1. The molecule has 0 fully saturated rings. The number of halogens is 2. The van der Waals surface area contributed by atoms with Gasteiger partial charge in [-0.25, -0.2) is 9.37 Å². The van der Waals surface area contributed by atoms with Crippen LogP contribution in [0.4, 0.5) is 10.1 Å². The third-order valence-electron chi connectivity index (χ3n) is 3.94. The Hall–Kier alpha value is -3.03. The number of anilines is 1. The summed E-state index contributed by atoms with van der Waals surface area (Å²) in [5, 5.41) is 4.83. The van der Waals surface area contributed by atoms with E-state index in [4.69, 9.17) is 11.6 Å². The van der Waals surface area contributed by atoms with Crippen LogP contribution in [0.15, 0.2) is 64.9 Å². The maximum atomic E-state index is 13.0. The molecule has 134 valence electrons. The van der Waals surface area contributed by atoms with Crippen molar-refractivity contribution in [3.8, 4) is 11.3 Å². The molecule has 0 aliphatic rings. The molecule has 1 amide bonds. The molecule has 5 nitrogen and oxygen atoms in total. The summed E-state index contributed by atoms with van der Waals surface area (Å²) in [7, 11) is 0. The zero-order chi connectivity index (χ0) is 19.0. The molecule has 8 heteroatoms. The molecule has 0 saturated carbocycles. The third kappa shape index (κ3) is 3.22. The Morgan fingerprint density at radius 1 is 1.15 bits per heavy atom. The van der Waals surface area contributed by atoms with Gasteiger partial charge < -0.3 is 5.32 Å². The topological polar surface area (TPSA) is 63.5 Å². The van der Waals surface area contributed by atoms with Gasteiger partial charge in [0.05, 0.1) is 5.69 Å². The molecule has 2 aromatic carbocycles. The molecule has 0 unspecified atom stereocenters. The van der Waals surface area contributed by atoms with Crippen molar-refractivity contribution in [2.45, 2.75) is 0 Å². The number of fused-ring (bicyclic) bond motifs is 1. The van der Waals surface area contributed by atoms with Crippen LogP contribution in [0.25, 0.3) is 16.2 Å². The smallest absolute Gasteiger partial charge is 0.271 e. The second-order valence-electron chi connectivity index (χ2n) is 5.66. The van der Waals surface area contributed by atoms with E-state index < -0.39 is 17.3 Å². The molecular formula is C19H11ClFN3O2S. The van der Waals surface area contributed by atoms with Gasteiger partial charge in [0.2, 0.25) is 0 Å². The van der Waals surface area contributed by atoms with Gasteiger partial charge in [-0.05, 0) is 30.3 Å². The fourth-order valence-corrected chi connectivity index (χ4v) is 3.72. The highest BCUT2D eigenvalue weighted by molar-refractivity contribution is 7.15. The Balaban J connectivity index is 1.79. The van der Waals surface area contributed by atoms with Crippen molar-refractivity contribution in [1.29, 1.82) is 0 Å². The number of hydrogen-bond donors (Lipinski definition) is 1. The SMILES string of the molecule is O=C(Nc1ccc(F)cc1)c1cnc2scc(-c3ccccc3Cl)n2c1=O. The maximum Gasteiger partial charge on any atom is 0.271 e. The summed E-state index contributed by atoms with van der Waals surface area (Å²) in [6, 6.07) is 12.4. The van der Waals surface area contributed by atoms with Gasteiger partial charge in [0.15, 0.2) is 4.96 Å². The lowest BCUT2D eigenvalue weighted by atomic mass is 10.2. The molecule has 0 saturated heterocycles. The van der Waals surface area contributed by atoms with Crippen molar-refractivity contribution in [1.82, 2.24) is 9.38 Å². The van der Waals surface area contributed by atoms with E-state index in [0.29, 0.717) is 26.9 Å². The fourth-order valence-electron chi connectivity index (χ4n) is 2.64. The first-order valence-corrected chi connectivity index (χ1v) is 9.11. The Bertz CT molecular complexity index is 1220. The van der Waals surface area contributed by atoms with Crippen molar-refractivity contribution in [3.05, 3.63) is 86.9 Å². The van der Waals surface area contributed by atoms with E-state index in [1.54, 1.807) is 23.6 Å². The van der Waals surface area contributed by atoms with Crippen LogP contribution in [0.2, 0.25) is 5.02 Å². The lowest BCUT2D eigenvalue weighted by Crippen LogP contribution is -2.26. The monoisotopic (exact) mass is 399 g/mol. The van der Waals surface area contributed by atoms with E-state index in [9.17, 15) is 14.0 Å². The molecule has 0 aliphatic carbocycles. The van der Waals surface area contributed by atoms with E-state index in [0.717, 1.165) is 0 Å². The van der Waals surface area contributed by atoms with Crippen LogP contribution in [0.3, 0.4) is 0 Å². The summed E-state index contributed by atoms with van der Waals surface area (Å²) >= 11 is 7.53. The average molecular weight is 400 g/mol. The summed E-state index contributed by atoms with van der Waals surface area (Å²) in [5.41, 5.74) is 0.988. The summed E-state index contributed by atoms with van der Waals surface area (Å²) in [6.45, 7) is 0. The van der Waals surface area contributed by atoms with Crippen molar-refractivity contribution in [3.63, 3.8) is 0 Å². The van der Waals surface area contributed by atoms with Crippen LogP contribution in [-0.4, -0.2) is 15.3 Å². The molecule has 2 aromatic heterocycles. The molecule has 0 bridgehead atoms. The van der Waals surface area contributed by atoms with Crippen molar-refractivity contribution >= 4 is 39.5 Å². The number of hydrogen-bond acceptors (Lipinski definition) is 4. The average Bonchev–Trinajstić information content (AvgIpc) is 3.09. The standard InChI is InChI=1S/C19H11ClFN3O2S/c20-15-4-2-1-3-13(15)16-10-27-19-22-9-14(18(26)24(16)19)17(25)23-12-7-5-11(21)6-8-12/h1-10H,(H,23,25). The van der Waals surface area contributed by atoms with Gasteiger partial charge in [-0.3, -0.25) is 14.0 Å². The van der Waals surface area contributed by atoms with Crippen molar-refractivity contribution in [2.75, 3.05) is 5.32 Å². The molecule has 27 heavy (non-hydrogen) atoms. The molecule has 4 aromatic rings. The highest BCUT2D eigenvalue weighted by Crippen LogP contribution is 2.29. The van der Waals surface area contributed by atoms with Crippen LogP contribution >= 0.6 is 22.9 Å². The predicted molar refractivity (Wildman–Crippen MR) is 104 cm³/mol. The number of nitrogens with zero attached hydrogens (tertiary/aromatic N) is 2. The molecular weight excluding hydrogens is 389 g/mol. The van der Waals surface area contributed by atoms with E-state index in [2.05, 4.69) is 10.3 Å². The Morgan fingerprint density at radius 3 is 2.63 bits per heavy atom. The van der Waals surface area contributed by atoms with Gasteiger partial charge in [0.25, 0.3) is 11.5 Å². The van der Waals surface area contributed by atoms with Crippen molar-refractivity contribution < 1.29 is 9.18 Å². The largest absolute Gasteiger partial charge is 0.322 e. The fraction of sp³-hybridized carbons (Fsp3) is 0. The first kappa shape index (κ1) is 17.4. The lowest BCUT2D eigenvalue weighted by Gasteiger charge is -2.07. The molecule has 2 heterocycles. The Morgan fingerprint density at radius 2 is 1.89 bits per heavy atom. The number of amides is 1. The van der Waals surface area contributed by atoms with E-state index >= 15 is 0 Å². The number of rotatable bonds is 3. The second kappa shape index (κ2) is 6.94. The summed E-state index contributed by atoms with van der Waals surface area (Å²) in [4.78, 5) is 30.1. The molecule has 1 N–H and O–H groups in total. The van der Waals surface area contributed by atoms with Gasteiger partial charge >= 0.3 is 0 Å². The van der Waals surface area contributed by atoms with Crippen molar-refractivity contribution in [2.24, 2.45) is 0 Å². The lowest BCUT2D eigenvalue weighted by molar-refractivity contribution is 0.102. The zero-order valence-corrected chi connectivity index (χ0v) is 15.2. The molecule has 0 spiro atoms. The van der Waals surface area contributed by atoms with Gasteiger partial charge in [0, 0.05) is 27.9 Å². The number of benzene rings is 2. The summed E-state index contributed by atoms with van der Waals surface area (Å²) < 4.78 is 14.4. The van der Waals surface area contributed by atoms with Gasteiger partial charge in [-0.2, -0.15) is 0 Å². The minimum Gasteiger partial charge on any atom is -0.322 e. The number of aromatic nitrogens is 2. The van der Waals surface area contributed by atoms with Gasteiger partial charge in [-0.15, -0.1) is 11.3 Å². The summed E-state index contributed by atoms with van der Waals surface area (Å²) in [6.07, 6.45) is 1.24. The molecule has 0 radical (unpaired) electrons. The third-order valence-corrected chi connectivity index (χ3v) is 5.11. The molecule has 0 atom stereocenters. The summed E-state index contributed by atoms with van der Waals surface area (Å²) in [5.74, 6) is -1.04. The van der Waals surface area contributed by atoms with Crippen LogP contribution in [0.1, 0.15) is 10.4 Å². The van der Waals surface area contributed by atoms with Crippen LogP contribution in [-0.2, 0) is 0 Å². The normalized spacial score (nSPS) is 10.9. The van der Waals surface area contributed by atoms with Gasteiger partial charge in [-0.1, -0.05) is 29.8 Å². The van der Waals surface area contributed by atoms with Crippen LogP contribution < -0.4 is 10.9 Å². The first-order chi connectivity index (χ1) is 13.0. The van der Waals surface area contributed by atoms with E-state index in [1.165, 1.54) is 46.2 Å². The minimum atomic E-state index is -0.621. The predicted octanol–water partition coefficient (Wildman–Crippen LogP) is 4.47. The van der Waals surface area contributed by atoms with Crippen LogP contribution in [0, 0.1) is 5.82 Å². The zero-order valence-electron chi connectivity index (χ0n) is 13.6. The Kier molecular flexibility index (Phi) is 4.47. The second-order valence-corrected chi connectivity index (χ2v) is 6.90. The minimum absolute atomic E-state index is 0.122. The number of carbonyl (C=O) groups excluding carboxylic acids is 1. The maximum absolute atomic E-state index is 13.0. The quantitative estimate of drug-likeness (QED) is 0.553. The van der Waals surface area contributed by atoms with E-state index in [1.807, 2.05) is 6.07 Å². The number of nitrogens with one attached hydrogen (secondary N) is 1. The first-order valence-electron chi connectivity index (χ1n) is 7.85. The van der Waals surface area contributed by atoms with Gasteiger partial charge in [0.1, 0.15) is 11.4 Å².